The fourth-order valence-electron chi connectivity index (χ4n) is 4.68. The summed E-state index contributed by atoms with van der Waals surface area (Å²) >= 11 is 1.45. The fraction of sp³-hybridized carbons (Fsp3) is 0.414. The van der Waals surface area contributed by atoms with Gasteiger partial charge in [-0.25, -0.2) is 4.98 Å². The zero-order valence-electron chi connectivity index (χ0n) is 21.8. The van der Waals surface area contributed by atoms with Crippen molar-refractivity contribution in [3.05, 3.63) is 64.6 Å². The molecule has 6 nitrogen and oxygen atoms in total. The molecule has 2 heterocycles. The van der Waals surface area contributed by atoms with Crippen molar-refractivity contribution in [1.29, 1.82) is 0 Å². The average molecular weight is 560 g/mol. The van der Waals surface area contributed by atoms with Gasteiger partial charge < -0.3 is 15.0 Å². The SMILES string of the molecule is CCCCCCC(=O)N1CCC(c2nc(C(=O)Nc3ccccc3-c3ccc(OC(F)(F)F)cc3)cs2)CC1. The molecular formula is C29H32F3N3O3S. The second-order valence-electron chi connectivity index (χ2n) is 9.61. The molecule has 4 rings (SSSR count). The minimum Gasteiger partial charge on any atom is -0.406 e. The third-order valence-corrected chi connectivity index (χ3v) is 7.78. The summed E-state index contributed by atoms with van der Waals surface area (Å²) in [6, 6.07) is 12.6. The molecule has 1 aliphatic heterocycles. The number of unbranched alkanes of at least 4 members (excludes halogenated alkanes) is 3. The van der Waals surface area contributed by atoms with E-state index in [9.17, 15) is 22.8 Å². The number of alkyl halides is 3. The smallest absolute Gasteiger partial charge is 0.406 e. The number of ether oxygens (including phenoxy) is 1. The topological polar surface area (TPSA) is 71.5 Å². The van der Waals surface area contributed by atoms with E-state index in [2.05, 4.69) is 22.0 Å². The molecule has 1 saturated heterocycles. The van der Waals surface area contributed by atoms with E-state index in [1.54, 1.807) is 29.6 Å². The maximum atomic E-state index is 13.0. The Kier molecular flexibility index (Phi) is 9.61. The molecule has 39 heavy (non-hydrogen) atoms. The van der Waals surface area contributed by atoms with Crippen LogP contribution in [0.1, 0.15) is 73.3 Å². The highest BCUT2D eigenvalue weighted by Crippen LogP contribution is 2.33. The second-order valence-corrected chi connectivity index (χ2v) is 10.5. The quantitative estimate of drug-likeness (QED) is 0.259. The molecule has 2 aromatic carbocycles. The van der Waals surface area contributed by atoms with Crippen LogP contribution in [0.25, 0.3) is 11.1 Å². The number of benzene rings is 2. The van der Waals surface area contributed by atoms with E-state index in [4.69, 9.17) is 0 Å². The minimum atomic E-state index is -4.76. The minimum absolute atomic E-state index is 0.213. The zero-order valence-corrected chi connectivity index (χ0v) is 22.6. The van der Waals surface area contributed by atoms with Crippen molar-refractivity contribution in [1.82, 2.24) is 9.88 Å². The number of anilines is 1. The van der Waals surface area contributed by atoms with E-state index < -0.39 is 6.36 Å². The molecule has 208 valence electrons. The second kappa shape index (κ2) is 13.1. The number of thiazole rings is 1. The molecule has 0 atom stereocenters. The lowest BCUT2D eigenvalue weighted by Gasteiger charge is -2.31. The van der Waals surface area contributed by atoms with E-state index in [0.717, 1.165) is 43.5 Å². The number of piperidine rings is 1. The molecule has 1 N–H and O–H groups in total. The highest BCUT2D eigenvalue weighted by molar-refractivity contribution is 7.10. The summed E-state index contributed by atoms with van der Waals surface area (Å²) in [5.74, 6) is -0.234. The van der Waals surface area contributed by atoms with Crippen LogP contribution in [0.15, 0.2) is 53.9 Å². The van der Waals surface area contributed by atoms with Crippen LogP contribution in [0.4, 0.5) is 18.9 Å². The van der Waals surface area contributed by atoms with Crippen LogP contribution in [-0.4, -0.2) is 41.2 Å². The number of hydrogen-bond donors (Lipinski definition) is 1. The first-order chi connectivity index (χ1) is 18.7. The maximum absolute atomic E-state index is 13.0. The number of carbonyl (C=O) groups excluding carboxylic acids is 2. The Labute approximate surface area is 230 Å². The number of rotatable bonds is 10. The predicted molar refractivity (Wildman–Crippen MR) is 146 cm³/mol. The van der Waals surface area contributed by atoms with Gasteiger partial charge in [0.25, 0.3) is 5.91 Å². The summed E-state index contributed by atoms with van der Waals surface area (Å²) in [6.07, 6.45) is 1.85. The van der Waals surface area contributed by atoms with Gasteiger partial charge in [0, 0.05) is 42.1 Å². The van der Waals surface area contributed by atoms with Gasteiger partial charge in [-0.1, -0.05) is 56.5 Å². The van der Waals surface area contributed by atoms with E-state index in [-0.39, 0.29) is 23.5 Å². The van der Waals surface area contributed by atoms with Crippen LogP contribution >= 0.6 is 11.3 Å². The Morgan fingerprint density at radius 3 is 2.46 bits per heavy atom. The fourth-order valence-corrected chi connectivity index (χ4v) is 5.65. The van der Waals surface area contributed by atoms with Gasteiger partial charge in [0.15, 0.2) is 0 Å². The number of amides is 2. The molecule has 0 aliphatic carbocycles. The van der Waals surface area contributed by atoms with E-state index >= 15 is 0 Å². The van der Waals surface area contributed by atoms with Crippen molar-refractivity contribution in [3.8, 4) is 16.9 Å². The van der Waals surface area contributed by atoms with Gasteiger partial charge >= 0.3 is 6.36 Å². The van der Waals surface area contributed by atoms with Crippen molar-refractivity contribution < 1.29 is 27.5 Å². The highest BCUT2D eigenvalue weighted by Gasteiger charge is 2.31. The third-order valence-electron chi connectivity index (χ3n) is 6.77. The van der Waals surface area contributed by atoms with E-state index in [0.29, 0.717) is 42.0 Å². The average Bonchev–Trinajstić information content (AvgIpc) is 3.42. The van der Waals surface area contributed by atoms with E-state index in [1.165, 1.54) is 35.6 Å². The molecule has 1 aliphatic rings. The Hall–Kier alpha value is -3.40. The molecule has 0 saturated carbocycles. The number of halogens is 3. The van der Waals surface area contributed by atoms with Crippen molar-refractivity contribution in [3.63, 3.8) is 0 Å². The van der Waals surface area contributed by atoms with Gasteiger partial charge in [-0.15, -0.1) is 24.5 Å². The lowest BCUT2D eigenvalue weighted by atomic mass is 9.97. The lowest BCUT2D eigenvalue weighted by Crippen LogP contribution is -2.37. The van der Waals surface area contributed by atoms with Gasteiger partial charge in [-0.05, 0) is 43.0 Å². The number of hydrogen-bond acceptors (Lipinski definition) is 5. The summed E-state index contributed by atoms with van der Waals surface area (Å²) in [5, 5.41) is 5.52. The Balaban J connectivity index is 1.35. The summed E-state index contributed by atoms with van der Waals surface area (Å²) in [5.41, 5.74) is 2.12. The number of para-hydroxylation sites is 1. The molecular weight excluding hydrogens is 527 g/mol. The first-order valence-electron chi connectivity index (χ1n) is 13.2. The lowest BCUT2D eigenvalue weighted by molar-refractivity contribution is -0.274. The number of carbonyl (C=O) groups is 2. The molecule has 0 spiro atoms. The molecule has 1 aromatic heterocycles. The summed E-state index contributed by atoms with van der Waals surface area (Å²) < 4.78 is 41.4. The van der Waals surface area contributed by atoms with Crippen molar-refractivity contribution in [2.45, 2.75) is 64.1 Å². The van der Waals surface area contributed by atoms with Gasteiger partial charge in [0.1, 0.15) is 11.4 Å². The molecule has 10 heteroatoms. The summed E-state index contributed by atoms with van der Waals surface area (Å²) in [4.78, 5) is 32.1. The summed E-state index contributed by atoms with van der Waals surface area (Å²) in [6.45, 7) is 3.57. The van der Waals surface area contributed by atoms with Crippen molar-refractivity contribution >= 4 is 28.8 Å². The number of aromatic nitrogens is 1. The first kappa shape index (κ1) is 28.6. The monoisotopic (exact) mass is 559 g/mol. The van der Waals surface area contributed by atoms with Crippen LogP contribution in [-0.2, 0) is 4.79 Å². The standard InChI is InChI=1S/C29H32F3N3O3S/c1-2-3-4-5-10-26(36)35-17-15-21(16-18-35)28-34-25(19-39-28)27(37)33-24-9-7-6-8-23(24)20-11-13-22(14-12-20)38-29(30,31)32/h6-9,11-14,19,21H,2-5,10,15-18H2,1H3,(H,33,37). The van der Waals surface area contributed by atoms with Gasteiger partial charge in [0.2, 0.25) is 5.91 Å². The number of likely N-dealkylation sites (tertiary alicyclic amines) is 1. The molecule has 3 aromatic rings. The molecule has 2 amide bonds. The first-order valence-corrected chi connectivity index (χ1v) is 14.1. The van der Waals surface area contributed by atoms with Crippen LogP contribution < -0.4 is 10.1 Å². The number of nitrogens with zero attached hydrogens (tertiary/aromatic N) is 2. The molecule has 0 unspecified atom stereocenters. The number of nitrogens with one attached hydrogen (secondary N) is 1. The van der Waals surface area contributed by atoms with Crippen LogP contribution in [0, 0.1) is 0 Å². The Morgan fingerprint density at radius 1 is 1.05 bits per heavy atom. The van der Waals surface area contributed by atoms with Crippen molar-refractivity contribution in [2.75, 3.05) is 18.4 Å². The Morgan fingerprint density at radius 2 is 1.77 bits per heavy atom. The van der Waals surface area contributed by atoms with E-state index in [1.807, 2.05) is 4.90 Å². The Bertz CT molecular complexity index is 1250. The maximum Gasteiger partial charge on any atom is 0.573 e. The summed E-state index contributed by atoms with van der Waals surface area (Å²) in [7, 11) is 0. The van der Waals surface area contributed by atoms with Gasteiger partial charge in [0.05, 0.1) is 5.01 Å². The highest BCUT2D eigenvalue weighted by atomic mass is 32.1. The van der Waals surface area contributed by atoms with Crippen LogP contribution in [0.5, 0.6) is 5.75 Å². The molecule has 0 bridgehead atoms. The van der Waals surface area contributed by atoms with Crippen molar-refractivity contribution in [2.24, 2.45) is 0 Å². The normalized spacial score (nSPS) is 14.3. The predicted octanol–water partition coefficient (Wildman–Crippen LogP) is 7.64. The zero-order chi connectivity index (χ0) is 27.8. The van der Waals surface area contributed by atoms with Crippen LogP contribution in [0.3, 0.4) is 0 Å². The molecule has 0 radical (unpaired) electrons. The van der Waals surface area contributed by atoms with Crippen LogP contribution in [0.2, 0.25) is 0 Å². The van der Waals surface area contributed by atoms with Gasteiger partial charge in [-0.2, -0.15) is 0 Å². The van der Waals surface area contributed by atoms with Gasteiger partial charge in [-0.3, -0.25) is 9.59 Å². The molecule has 1 fully saturated rings. The largest absolute Gasteiger partial charge is 0.573 e. The third kappa shape index (κ3) is 8.05.